The van der Waals surface area contributed by atoms with Crippen molar-refractivity contribution in [1.29, 1.82) is 0 Å². The molecule has 2 heterocycles. The second kappa shape index (κ2) is 8.64. The number of thiazole rings is 1. The largest absolute Gasteiger partial charge is 0.494 e. The summed E-state index contributed by atoms with van der Waals surface area (Å²) in [5, 5.41) is 2.84. The molecule has 2 aromatic carbocycles. The molecular weight excluding hydrogens is 418 g/mol. The van der Waals surface area contributed by atoms with E-state index >= 15 is 0 Å². The van der Waals surface area contributed by atoms with Gasteiger partial charge >= 0.3 is 0 Å². The van der Waals surface area contributed by atoms with Crippen molar-refractivity contribution in [3.05, 3.63) is 78.4 Å². The van der Waals surface area contributed by atoms with Crippen LogP contribution in [0.3, 0.4) is 0 Å². The Bertz CT molecular complexity index is 1240. The highest BCUT2D eigenvalue weighted by atomic mass is 32.2. The zero-order valence-electron chi connectivity index (χ0n) is 16.1. The van der Waals surface area contributed by atoms with Crippen molar-refractivity contribution >= 4 is 27.0 Å². The number of pyridine rings is 1. The summed E-state index contributed by atoms with van der Waals surface area (Å²) in [4.78, 5) is 8.87. The quantitative estimate of drug-likeness (QED) is 0.436. The van der Waals surface area contributed by atoms with Gasteiger partial charge in [0.25, 0.3) is 10.0 Å². The molecule has 0 unspecified atom stereocenters. The van der Waals surface area contributed by atoms with E-state index in [1.54, 1.807) is 42.7 Å². The normalized spacial score (nSPS) is 11.2. The molecule has 8 heteroatoms. The number of hydrogen-bond acceptors (Lipinski definition) is 6. The van der Waals surface area contributed by atoms with Crippen LogP contribution in [0.1, 0.15) is 6.92 Å². The molecule has 2 aromatic heterocycles. The third kappa shape index (κ3) is 4.50. The molecule has 0 aliphatic carbocycles. The molecule has 0 spiro atoms. The number of anilines is 1. The van der Waals surface area contributed by atoms with Crippen LogP contribution in [0.4, 0.5) is 5.69 Å². The number of sulfonamides is 1. The Morgan fingerprint density at radius 1 is 1.00 bits per heavy atom. The number of benzene rings is 2. The van der Waals surface area contributed by atoms with Gasteiger partial charge in [0.05, 0.1) is 17.2 Å². The van der Waals surface area contributed by atoms with E-state index in [9.17, 15) is 8.42 Å². The van der Waals surface area contributed by atoms with Gasteiger partial charge in [0, 0.05) is 34.6 Å². The van der Waals surface area contributed by atoms with Crippen molar-refractivity contribution in [3.8, 4) is 27.6 Å². The Morgan fingerprint density at radius 3 is 2.50 bits per heavy atom. The Labute approximate surface area is 179 Å². The number of nitrogens with zero attached hydrogens (tertiary/aromatic N) is 2. The van der Waals surface area contributed by atoms with E-state index in [0.29, 0.717) is 18.0 Å². The molecule has 0 aliphatic heterocycles. The average molecular weight is 438 g/mol. The van der Waals surface area contributed by atoms with Gasteiger partial charge in [0.2, 0.25) is 0 Å². The number of ether oxygens (including phenoxy) is 1. The zero-order chi connectivity index (χ0) is 21.0. The highest BCUT2D eigenvalue weighted by Gasteiger charge is 2.15. The van der Waals surface area contributed by atoms with E-state index in [-0.39, 0.29) is 4.90 Å². The topological polar surface area (TPSA) is 81.2 Å². The molecule has 0 amide bonds. The molecule has 4 rings (SSSR count). The average Bonchev–Trinajstić information content (AvgIpc) is 3.25. The molecule has 1 N–H and O–H groups in total. The van der Waals surface area contributed by atoms with E-state index in [1.165, 1.54) is 23.5 Å². The van der Waals surface area contributed by atoms with E-state index in [1.807, 2.05) is 30.5 Å². The smallest absolute Gasteiger partial charge is 0.261 e. The second-order valence-corrected chi connectivity index (χ2v) is 8.91. The predicted octanol–water partition coefficient (Wildman–Crippen LogP) is 5.07. The van der Waals surface area contributed by atoms with Crippen LogP contribution in [0.2, 0.25) is 0 Å². The Balaban J connectivity index is 1.56. The summed E-state index contributed by atoms with van der Waals surface area (Å²) in [6, 6.07) is 17.3. The van der Waals surface area contributed by atoms with Gasteiger partial charge in [-0.2, -0.15) is 0 Å². The van der Waals surface area contributed by atoms with Crippen molar-refractivity contribution in [2.75, 3.05) is 11.3 Å². The minimum atomic E-state index is -3.71. The molecular formula is C22H19N3O3S2. The van der Waals surface area contributed by atoms with E-state index in [4.69, 9.17) is 4.74 Å². The highest BCUT2D eigenvalue weighted by Crippen LogP contribution is 2.30. The molecule has 0 aliphatic rings. The van der Waals surface area contributed by atoms with Crippen molar-refractivity contribution in [3.63, 3.8) is 0 Å². The lowest BCUT2D eigenvalue weighted by molar-refractivity contribution is 0.340. The SMILES string of the molecule is CCOc1ccc(S(=O)(=O)Nc2cccc(-c3csc(-c4ccncc4)n3)c2)cc1. The van der Waals surface area contributed by atoms with E-state index in [0.717, 1.165) is 21.8 Å². The van der Waals surface area contributed by atoms with Crippen LogP contribution in [-0.2, 0) is 10.0 Å². The van der Waals surface area contributed by atoms with Gasteiger partial charge < -0.3 is 4.74 Å². The van der Waals surface area contributed by atoms with Crippen LogP contribution in [0.15, 0.2) is 83.3 Å². The van der Waals surface area contributed by atoms with Gasteiger partial charge in [-0.15, -0.1) is 11.3 Å². The van der Waals surface area contributed by atoms with Crippen molar-refractivity contribution in [2.24, 2.45) is 0 Å². The van der Waals surface area contributed by atoms with Crippen LogP contribution >= 0.6 is 11.3 Å². The van der Waals surface area contributed by atoms with Gasteiger partial charge in [-0.3, -0.25) is 9.71 Å². The number of rotatable bonds is 7. The molecule has 0 saturated carbocycles. The zero-order valence-corrected chi connectivity index (χ0v) is 17.8. The van der Waals surface area contributed by atoms with E-state index in [2.05, 4.69) is 14.7 Å². The molecule has 0 fully saturated rings. The summed E-state index contributed by atoms with van der Waals surface area (Å²) >= 11 is 1.53. The van der Waals surface area contributed by atoms with Crippen LogP contribution < -0.4 is 9.46 Å². The minimum absolute atomic E-state index is 0.171. The first kappa shape index (κ1) is 20.1. The number of aromatic nitrogens is 2. The fourth-order valence-electron chi connectivity index (χ4n) is 2.87. The van der Waals surface area contributed by atoms with Gasteiger partial charge in [0.1, 0.15) is 10.8 Å². The summed E-state index contributed by atoms with van der Waals surface area (Å²) in [6.45, 7) is 2.40. The van der Waals surface area contributed by atoms with Gasteiger partial charge in [-0.05, 0) is 55.5 Å². The van der Waals surface area contributed by atoms with Crippen LogP contribution in [0, 0.1) is 0 Å². The Kier molecular flexibility index (Phi) is 5.78. The standard InChI is InChI=1S/C22H19N3O3S2/c1-2-28-19-6-8-20(9-7-19)30(26,27)25-18-5-3-4-17(14-18)21-15-29-22(24-21)16-10-12-23-13-11-16/h3-15,25H,2H2,1H3. The molecule has 4 aromatic rings. The number of hydrogen-bond donors (Lipinski definition) is 1. The molecule has 30 heavy (non-hydrogen) atoms. The first-order chi connectivity index (χ1) is 14.5. The number of nitrogens with one attached hydrogen (secondary N) is 1. The van der Waals surface area contributed by atoms with Crippen molar-refractivity contribution < 1.29 is 13.2 Å². The Hall–Kier alpha value is -3.23. The summed E-state index contributed by atoms with van der Waals surface area (Å²) in [7, 11) is -3.71. The Morgan fingerprint density at radius 2 is 1.77 bits per heavy atom. The molecule has 0 atom stereocenters. The summed E-state index contributed by atoms with van der Waals surface area (Å²) in [5.41, 5.74) is 3.08. The van der Waals surface area contributed by atoms with Crippen LogP contribution in [0.25, 0.3) is 21.8 Å². The third-order valence-corrected chi connectivity index (χ3v) is 6.58. The lowest BCUT2D eigenvalue weighted by Gasteiger charge is -2.10. The fourth-order valence-corrected chi connectivity index (χ4v) is 4.76. The summed E-state index contributed by atoms with van der Waals surface area (Å²) < 4.78 is 33.5. The fraction of sp³-hybridized carbons (Fsp3) is 0.0909. The maximum Gasteiger partial charge on any atom is 0.261 e. The lowest BCUT2D eigenvalue weighted by Crippen LogP contribution is -2.12. The van der Waals surface area contributed by atoms with Crippen molar-refractivity contribution in [1.82, 2.24) is 9.97 Å². The monoisotopic (exact) mass is 437 g/mol. The molecule has 152 valence electrons. The van der Waals surface area contributed by atoms with E-state index < -0.39 is 10.0 Å². The molecule has 0 bridgehead atoms. The first-order valence-corrected chi connectivity index (χ1v) is 11.6. The molecule has 6 nitrogen and oxygen atoms in total. The minimum Gasteiger partial charge on any atom is -0.494 e. The van der Waals surface area contributed by atoms with Gasteiger partial charge in [-0.1, -0.05) is 12.1 Å². The van der Waals surface area contributed by atoms with Gasteiger partial charge in [-0.25, -0.2) is 13.4 Å². The predicted molar refractivity (Wildman–Crippen MR) is 119 cm³/mol. The van der Waals surface area contributed by atoms with Crippen LogP contribution in [-0.4, -0.2) is 25.0 Å². The van der Waals surface area contributed by atoms with Crippen molar-refractivity contribution in [2.45, 2.75) is 11.8 Å². The summed E-state index contributed by atoms with van der Waals surface area (Å²) in [6.07, 6.45) is 3.46. The maximum absolute atomic E-state index is 12.7. The highest BCUT2D eigenvalue weighted by molar-refractivity contribution is 7.92. The second-order valence-electron chi connectivity index (χ2n) is 6.36. The van der Waals surface area contributed by atoms with Crippen LogP contribution in [0.5, 0.6) is 5.75 Å². The third-order valence-electron chi connectivity index (χ3n) is 4.29. The van der Waals surface area contributed by atoms with Gasteiger partial charge in [0.15, 0.2) is 0 Å². The maximum atomic E-state index is 12.7. The first-order valence-electron chi connectivity index (χ1n) is 9.27. The summed E-state index contributed by atoms with van der Waals surface area (Å²) in [5.74, 6) is 0.631. The molecule has 0 radical (unpaired) electrons. The lowest BCUT2D eigenvalue weighted by atomic mass is 10.1. The molecule has 0 saturated heterocycles.